The van der Waals surface area contributed by atoms with Crippen LogP contribution in [0.3, 0.4) is 0 Å². The number of benzene rings is 2. The lowest BCUT2D eigenvalue weighted by Crippen LogP contribution is -2.17. The molecular weight excluding hydrogens is 364 g/mol. The molecule has 27 heavy (non-hydrogen) atoms. The molecule has 0 spiro atoms. The molecule has 6 nitrogen and oxygen atoms in total. The molecule has 0 saturated carbocycles. The number of para-hydroxylation sites is 1. The van der Waals surface area contributed by atoms with Crippen LogP contribution in [0.15, 0.2) is 66.9 Å². The molecule has 0 fully saturated rings. The molecule has 0 aliphatic carbocycles. The Bertz CT molecular complexity index is 1060. The van der Waals surface area contributed by atoms with Crippen molar-refractivity contribution in [3.05, 3.63) is 88.7 Å². The smallest absolute Gasteiger partial charge is 0.274 e. The highest BCUT2D eigenvalue weighted by Crippen LogP contribution is 2.17. The van der Waals surface area contributed by atoms with Gasteiger partial charge in [-0.25, -0.2) is 0 Å². The van der Waals surface area contributed by atoms with E-state index >= 15 is 0 Å². The Morgan fingerprint density at radius 3 is 2.56 bits per heavy atom. The lowest BCUT2D eigenvalue weighted by atomic mass is 10.1. The molecule has 2 N–H and O–H groups in total. The molecule has 0 unspecified atom stereocenters. The maximum absolute atomic E-state index is 12.4. The fourth-order valence-corrected chi connectivity index (χ4v) is 2.53. The van der Waals surface area contributed by atoms with Crippen LogP contribution < -0.4 is 10.6 Å². The van der Waals surface area contributed by atoms with Gasteiger partial charge in [-0.3, -0.25) is 14.6 Å². The number of rotatable bonds is 4. The molecule has 0 aliphatic rings. The molecule has 3 aromatic rings. The number of amides is 2. The number of aromatic nitrogens is 1. The van der Waals surface area contributed by atoms with Gasteiger partial charge < -0.3 is 10.6 Å². The number of carbonyl (C=O) groups excluding carboxylic acids is 2. The highest BCUT2D eigenvalue weighted by molar-refractivity contribution is 6.31. The first kappa shape index (κ1) is 18.1. The molecular formula is C20H13ClN4O2. The lowest BCUT2D eigenvalue weighted by molar-refractivity contribution is 0.102. The Kier molecular flexibility index (Phi) is 5.45. The van der Waals surface area contributed by atoms with Crippen molar-refractivity contribution in [1.82, 2.24) is 4.98 Å². The van der Waals surface area contributed by atoms with Crippen molar-refractivity contribution < 1.29 is 9.59 Å². The molecule has 3 rings (SSSR count). The number of nitriles is 1. The minimum atomic E-state index is -0.518. The minimum Gasteiger partial charge on any atom is -0.322 e. The zero-order valence-electron chi connectivity index (χ0n) is 13.9. The number of hydrogen-bond acceptors (Lipinski definition) is 4. The maximum Gasteiger partial charge on any atom is 0.274 e. The number of nitrogens with one attached hydrogen (secondary N) is 2. The Morgan fingerprint density at radius 1 is 0.963 bits per heavy atom. The number of nitrogens with zero attached hydrogens (tertiary/aromatic N) is 2. The predicted molar refractivity (Wildman–Crippen MR) is 103 cm³/mol. The van der Waals surface area contributed by atoms with Crippen molar-refractivity contribution in [2.75, 3.05) is 10.6 Å². The van der Waals surface area contributed by atoms with Gasteiger partial charge in [0.1, 0.15) is 11.8 Å². The summed E-state index contributed by atoms with van der Waals surface area (Å²) in [5.41, 5.74) is 1.57. The Labute approximate surface area is 160 Å². The second-order valence-electron chi connectivity index (χ2n) is 5.51. The zero-order valence-corrected chi connectivity index (χ0v) is 14.7. The monoisotopic (exact) mass is 376 g/mol. The summed E-state index contributed by atoms with van der Waals surface area (Å²) in [6, 6.07) is 18.2. The SMILES string of the molecule is N#Cc1ccccc1NC(=O)c1cc(C(=O)Nc2cccc(Cl)c2)ccn1. The van der Waals surface area contributed by atoms with Gasteiger partial charge >= 0.3 is 0 Å². The van der Waals surface area contributed by atoms with Crippen molar-refractivity contribution in [3.8, 4) is 6.07 Å². The maximum atomic E-state index is 12.4. The summed E-state index contributed by atoms with van der Waals surface area (Å²) in [4.78, 5) is 28.8. The first-order chi connectivity index (χ1) is 13.1. The quantitative estimate of drug-likeness (QED) is 0.716. The number of hydrogen-bond donors (Lipinski definition) is 2. The van der Waals surface area contributed by atoms with E-state index in [0.717, 1.165) is 0 Å². The Morgan fingerprint density at radius 2 is 1.78 bits per heavy atom. The summed E-state index contributed by atoms with van der Waals surface area (Å²) >= 11 is 5.91. The first-order valence-electron chi connectivity index (χ1n) is 7.90. The van der Waals surface area contributed by atoms with Gasteiger partial charge in [-0.1, -0.05) is 29.8 Å². The van der Waals surface area contributed by atoms with E-state index in [1.54, 1.807) is 48.5 Å². The van der Waals surface area contributed by atoms with E-state index in [9.17, 15) is 9.59 Å². The van der Waals surface area contributed by atoms with Gasteiger partial charge in [-0.2, -0.15) is 5.26 Å². The fourth-order valence-electron chi connectivity index (χ4n) is 2.34. The summed E-state index contributed by atoms with van der Waals surface area (Å²) < 4.78 is 0. The molecule has 0 aliphatic heterocycles. The second-order valence-corrected chi connectivity index (χ2v) is 5.94. The molecule has 2 aromatic carbocycles. The largest absolute Gasteiger partial charge is 0.322 e. The third-order valence-electron chi connectivity index (χ3n) is 3.63. The molecule has 1 heterocycles. The van der Waals surface area contributed by atoms with Gasteiger partial charge in [0.2, 0.25) is 0 Å². The van der Waals surface area contributed by atoms with Gasteiger partial charge in [0.05, 0.1) is 11.3 Å². The number of halogens is 1. The molecule has 0 atom stereocenters. The van der Waals surface area contributed by atoms with E-state index in [4.69, 9.17) is 16.9 Å². The Balaban J connectivity index is 1.77. The molecule has 2 amide bonds. The van der Waals surface area contributed by atoms with Gasteiger partial charge in [0.25, 0.3) is 11.8 Å². The molecule has 0 bridgehead atoms. The zero-order chi connectivity index (χ0) is 19.2. The Hall–Kier alpha value is -3.69. The highest BCUT2D eigenvalue weighted by atomic mass is 35.5. The van der Waals surface area contributed by atoms with Crippen molar-refractivity contribution in [3.63, 3.8) is 0 Å². The summed E-state index contributed by atoms with van der Waals surface area (Å²) in [7, 11) is 0. The van der Waals surface area contributed by atoms with Crippen LogP contribution >= 0.6 is 11.6 Å². The summed E-state index contributed by atoms with van der Waals surface area (Å²) in [6.07, 6.45) is 1.37. The first-order valence-corrected chi connectivity index (χ1v) is 8.28. The van der Waals surface area contributed by atoms with Crippen LogP contribution in [0, 0.1) is 11.3 Å². The summed E-state index contributed by atoms with van der Waals surface area (Å²) in [5.74, 6) is -0.916. The van der Waals surface area contributed by atoms with E-state index < -0.39 is 11.8 Å². The van der Waals surface area contributed by atoms with Crippen LogP contribution in [0.4, 0.5) is 11.4 Å². The van der Waals surface area contributed by atoms with Gasteiger partial charge in [0.15, 0.2) is 0 Å². The summed E-state index contributed by atoms with van der Waals surface area (Å²) in [6.45, 7) is 0. The fraction of sp³-hybridized carbons (Fsp3) is 0. The van der Waals surface area contributed by atoms with Crippen molar-refractivity contribution in [1.29, 1.82) is 5.26 Å². The van der Waals surface area contributed by atoms with E-state index in [0.29, 0.717) is 22.0 Å². The van der Waals surface area contributed by atoms with Gasteiger partial charge in [-0.15, -0.1) is 0 Å². The average molecular weight is 377 g/mol. The normalized spacial score (nSPS) is 9.93. The third kappa shape index (κ3) is 4.48. The third-order valence-corrected chi connectivity index (χ3v) is 3.87. The minimum absolute atomic E-state index is 0.0569. The van der Waals surface area contributed by atoms with E-state index in [2.05, 4.69) is 15.6 Å². The van der Waals surface area contributed by atoms with Crippen molar-refractivity contribution in [2.45, 2.75) is 0 Å². The predicted octanol–water partition coefficient (Wildman–Crippen LogP) is 4.11. The van der Waals surface area contributed by atoms with Crippen LogP contribution in [-0.4, -0.2) is 16.8 Å². The topological polar surface area (TPSA) is 94.9 Å². The average Bonchev–Trinajstić information content (AvgIpc) is 2.68. The number of pyridine rings is 1. The standard InChI is InChI=1S/C20H13ClN4O2/c21-15-5-3-6-16(11-15)24-19(26)13-8-9-23-18(10-13)20(27)25-17-7-2-1-4-14(17)12-22/h1-11H,(H,24,26)(H,25,27). The van der Waals surface area contributed by atoms with E-state index in [1.165, 1.54) is 18.3 Å². The highest BCUT2D eigenvalue weighted by Gasteiger charge is 2.14. The molecule has 0 saturated heterocycles. The summed E-state index contributed by atoms with van der Waals surface area (Å²) in [5, 5.41) is 14.9. The molecule has 1 aromatic heterocycles. The van der Waals surface area contributed by atoms with Crippen LogP contribution in [0.5, 0.6) is 0 Å². The second kappa shape index (κ2) is 8.13. The lowest BCUT2D eigenvalue weighted by Gasteiger charge is -2.08. The van der Waals surface area contributed by atoms with Crippen molar-refractivity contribution in [2.24, 2.45) is 0 Å². The van der Waals surface area contributed by atoms with Crippen LogP contribution in [0.2, 0.25) is 5.02 Å². The molecule has 0 radical (unpaired) electrons. The van der Waals surface area contributed by atoms with Crippen LogP contribution in [-0.2, 0) is 0 Å². The van der Waals surface area contributed by atoms with Gasteiger partial charge in [-0.05, 0) is 42.5 Å². The number of anilines is 2. The van der Waals surface area contributed by atoms with Crippen LogP contribution in [0.25, 0.3) is 0 Å². The van der Waals surface area contributed by atoms with E-state index in [-0.39, 0.29) is 11.3 Å². The van der Waals surface area contributed by atoms with Crippen LogP contribution in [0.1, 0.15) is 26.4 Å². The molecule has 132 valence electrons. The van der Waals surface area contributed by atoms with Gasteiger partial charge in [0, 0.05) is 22.5 Å². The van der Waals surface area contributed by atoms with Crippen molar-refractivity contribution >= 4 is 34.8 Å². The van der Waals surface area contributed by atoms with E-state index in [1.807, 2.05) is 6.07 Å². The number of carbonyl (C=O) groups is 2. The molecule has 7 heteroatoms.